The molecule has 0 bridgehead atoms. The first-order valence-electron chi connectivity index (χ1n) is 6.79. The van der Waals surface area contributed by atoms with Crippen LogP contribution in [0.4, 0.5) is 5.69 Å². The molecule has 0 aromatic heterocycles. The SMILES string of the molecule is Cc1ccc(C(C)C)c(Oc2ccc(C(=O)O)cc2N)c1. The van der Waals surface area contributed by atoms with Gasteiger partial charge >= 0.3 is 5.97 Å². The van der Waals surface area contributed by atoms with Crippen LogP contribution in [0.2, 0.25) is 0 Å². The molecule has 4 nitrogen and oxygen atoms in total. The van der Waals surface area contributed by atoms with Crippen molar-refractivity contribution in [2.45, 2.75) is 26.7 Å². The fraction of sp³-hybridized carbons (Fsp3) is 0.235. The number of carboxylic acids is 1. The van der Waals surface area contributed by atoms with E-state index < -0.39 is 5.97 Å². The van der Waals surface area contributed by atoms with E-state index in [9.17, 15) is 4.79 Å². The normalized spacial score (nSPS) is 10.7. The minimum absolute atomic E-state index is 0.146. The van der Waals surface area contributed by atoms with Gasteiger partial charge in [-0.15, -0.1) is 0 Å². The van der Waals surface area contributed by atoms with Gasteiger partial charge in [0.05, 0.1) is 11.3 Å². The Bertz CT molecular complexity index is 678. The van der Waals surface area contributed by atoms with E-state index >= 15 is 0 Å². The van der Waals surface area contributed by atoms with E-state index in [0.717, 1.165) is 16.9 Å². The van der Waals surface area contributed by atoms with Crippen LogP contribution in [0.3, 0.4) is 0 Å². The largest absolute Gasteiger partial charge is 0.478 e. The average Bonchev–Trinajstić information content (AvgIpc) is 2.40. The Morgan fingerprint density at radius 1 is 1.14 bits per heavy atom. The third-order valence-corrected chi connectivity index (χ3v) is 3.27. The van der Waals surface area contributed by atoms with Crippen molar-refractivity contribution in [3.05, 3.63) is 53.1 Å². The Hall–Kier alpha value is -2.49. The van der Waals surface area contributed by atoms with Gasteiger partial charge in [0.15, 0.2) is 0 Å². The maximum absolute atomic E-state index is 10.9. The second-order valence-electron chi connectivity index (χ2n) is 5.36. The maximum Gasteiger partial charge on any atom is 0.335 e. The molecule has 21 heavy (non-hydrogen) atoms. The van der Waals surface area contributed by atoms with Gasteiger partial charge in [-0.25, -0.2) is 4.79 Å². The van der Waals surface area contributed by atoms with E-state index in [1.165, 1.54) is 12.1 Å². The lowest BCUT2D eigenvalue weighted by Gasteiger charge is -2.16. The third-order valence-electron chi connectivity index (χ3n) is 3.27. The summed E-state index contributed by atoms with van der Waals surface area (Å²) in [5.41, 5.74) is 8.52. The van der Waals surface area contributed by atoms with E-state index in [-0.39, 0.29) is 5.56 Å². The molecule has 0 aliphatic rings. The summed E-state index contributed by atoms with van der Waals surface area (Å²) in [6, 6.07) is 10.5. The van der Waals surface area contributed by atoms with Gasteiger partial charge in [0, 0.05) is 0 Å². The number of nitrogens with two attached hydrogens (primary N) is 1. The van der Waals surface area contributed by atoms with E-state index in [2.05, 4.69) is 13.8 Å². The monoisotopic (exact) mass is 285 g/mol. The molecule has 0 heterocycles. The highest BCUT2D eigenvalue weighted by Crippen LogP contribution is 2.34. The van der Waals surface area contributed by atoms with Gasteiger partial charge in [-0.1, -0.05) is 26.0 Å². The van der Waals surface area contributed by atoms with Crippen molar-refractivity contribution in [1.29, 1.82) is 0 Å². The molecule has 4 heteroatoms. The molecule has 2 aromatic rings. The molecule has 0 aliphatic heterocycles. The first kappa shape index (κ1) is 14.9. The predicted molar refractivity (Wildman–Crippen MR) is 83.2 cm³/mol. The Kier molecular flexibility index (Phi) is 4.17. The molecule has 0 amide bonds. The van der Waals surface area contributed by atoms with Gasteiger partial charge in [0.25, 0.3) is 0 Å². The van der Waals surface area contributed by atoms with Crippen molar-refractivity contribution in [3.63, 3.8) is 0 Å². The zero-order valence-electron chi connectivity index (χ0n) is 12.4. The van der Waals surface area contributed by atoms with E-state index in [4.69, 9.17) is 15.6 Å². The summed E-state index contributed by atoms with van der Waals surface area (Å²) >= 11 is 0. The number of hydrogen-bond donors (Lipinski definition) is 2. The van der Waals surface area contributed by atoms with Gasteiger partial charge in [-0.2, -0.15) is 0 Å². The van der Waals surface area contributed by atoms with Crippen LogP contribution in [0.15, 0.2) is 36.4 Å². The lowest BCUT2D eigenvalue weighted by molar-refractivity contribution is 0.0697. The van der Waals surface area contributed by atoms with Gasteiger partial charge in [-0.05, 0) is 48.2 Å². The first-order valence-corrected chi connectivity index (χ1v) is 6.79. The molecule has 2 rings (SSSR count). The second-order valence-corrected chi connectivity index (χ2v) is 5.36. The lowest BCUT2D eigenvalue weighted by atomic mass is 10.0. The maximum atomic E-state index is 10.9. The Morgan fingerprint density at radius 3 is 2.43 bits per heavy atom. The fourth-order valence-electron chi connectivity index (χ4n) is 2.10. The summed E-state index contributed by atoms with van der Waals surface area (Å²) in [5, 5.41) is 8.95. The number of rotatable bonds is 4. The van der Waals surface area contributed by atoms with Crippen LogP contribution in [0.1, 0.15) is 41.3 Å². The van der Waals surface area contributed by atoms with Crippen molar-refractivity contribution in [1.82, 2.24) is 0 Å². The topological polar surface area (TPSA) is 72.5 Å². The molecule has 0 atom stereocenters. The smallest absolute Gasteiger partial charge is 0.335 e. The van der Waals surface area contributed by atoms with Gasteiger partial charge in [-0.3, -0.25) is 0 Å². The molecule has 0 saturated carbocycles. The van der Waals surface area contributed by atoms with Crippen LogP contribution in [0, 0.1) is 6.92 Å². The number of aromatic carboxylic acids is 1. The number of carbonyl (C=O) groups is 1. The Balaban J connectivity index is 2.38. The number of anilines is 1. The molecule has 0 radical (unpaired) electrons. The predicted octanol–water partition coefficient (Wildman–Crippen LogP) is 4.19. The van der Waals surface area contributed by atoms with Crippen molar-refractivity contribution in [3.8, 4) is 11.5 Å². The van der Waals surface area contributed by atoms with Gasteiger partial charge in [0.1, 0.15) is 11.5 Å². The number of benzene rings is 2. The van der Waals surface area contributed by atoms with Crippen LogP contribution in [-0.4, -0.2) is 11.1 Å². The minimum Gasteiger partial charge on any atom is -0.478 e. The van der Waals surface area contributed by atoms with Gasteiger partial charge < -0.3 is 15.6 Å². The quantitative estimate of drug-likeness (QED) is 0.826. The van der Waals surface area contributed by atoms with Crippen LogP contribution in [0.25, 0.3) is 0 Å². The number of ether oxygens (including phenoxy) is 1. The summed E-state index contributed by atoms with van der Waals surface area (Å²) in [6.45, 7) is 6.18. The fourth-order valence-corrected chi connectivity index (χ4v) is 2.10. The standard InChI is InChI=1S/C17H19NO3/c1-10(2)13-6-4-11(3)8-16(13)21-15-7-5-12(17(19)20)9-14(15)18/h4-10H,18H2,1-3H3,(H,19,20). The van der Waals surface area contributed by atoms with Crippen molar-refractivity contribution < 1.29 is 14.6 Å². The Labute approximate surface area is 124 Å². The van der Waals surface area contributed by atoms with E-state index in [1.807, 2.05) is 25.1 Å². The summed E-state index contributed by atoms with van der Waals surface area (Å²) < 4.78 is 5.90. The van der Waals surface area contributed by atoms with Crippen LogP contribution < -0.4 is 10.5 Å². The molecular weight excluding hydrogens is 266 g/mol. The first-order chi connectivity index (χ1) is 9.88. The van der Waals surface area contributed by atoms with Crippen LogP contribution in [0.5, 0.6) is 11.5 Å². The summed E-state index contributed by atoms with van der Waals surface area (Å²) in [6.07, 6.45) is 0. The number of aryl methyl sites for hydroxylation is 1. The van der Waals surface area contributed by atoms with Crippen molar-refractivity contribution in [2.24, 2.45) is 0 Å². The van der Waals surface area contributed by atoms with Crippen molar-refractivity contribution >= 4 is 11.7 Å². The second kappa shape index (κ2) is 5.87. The Morgan fingerprint density at radius 2 is 1.86 bits per heavy atom. The molecule has 0 fully saturated rings. The van der Waals surface area contributed by atoms with Gasteiger partial charge in [0.2, 0.25) is 0 Å². The lowest BCUT2D eigenvalue weighted by Crippen LogP contribution is -2.01. The highest BCUT2D eigenvalue weighted by molar-refractivity contribution is 5.89. The average molecular weight is 285 g/mol. The summed E-state index contributed by atoms with van der Waals surface area (Å²) in [4.78, 5) is 10.9. The molecule has 0 unspecified atom stereocenters. The van der Waals surface area contributed by atoms with E-state index in [0.29, 0.717) is 17.4 Å². The number of carboxylic acid groups (broad SMARTS) is 1. The molecular formula is C17H19NO3. The molecule has 0 saturated heterocycles. The zero-order chi connectivity index (χ0) is 15.6. The number of nitrogen functional groups attached to an aromatic ring is 1. The third kappa shape index (κ3) is 3.34. The molecule has 3 N–H and O–H groups in total. The summed E-state index contributed by atoms with van der Waals surface area (Å²) in [5.74, 6) is 0.527. The highest BCUT2D eigenvalue weighted by Gasteiger charge is 2.12. The highest BCUT2D eigenvalue weighted by atomic mass is 16.5. The molecule has 0 spiro atoms. The number of hydrogen-bond acceptors (Lipinski definition) is 3. The van der Waals surface area contributed by atoms with Crippen LogP contribution in [-0.2, 0) is 0 Å². The van der Waals surface area contributed by atoms with E-state index in [1.54, 1.807) is 6.07 Å². The molecule has 2 aromatic carbocycles. The minimum atomic E-state index is -1.01. The van der Waals surface area contributed by atoms with Crippen LogP contribution >= 0.6 is 0 Å². The molecule has 0 aliphatic carbocycles. The molecule has 110 valence electrons. The zero-order valence-corrected chi connectivity index (χ0v) is 12.4. The van der Waals surface area contributed by atoms with Crippen molar-refractivity contribution in [2.75, 3.05) is 5.73 Å². The summed E-state index contributed by atoms with van der Waals surface area (Å²) in [7, 11) is 0.